The van der Waals surface area contributed by atoms with Crippen LogP contribution in [0.5, 0.6) is 5.75 Å². The summed E-state index contributed by atoms with van der Waals surface area (Å²) in [6.07, 6.45) is 5.38. The van der Waals surface area contributed by atoms with Gasteiger partial charge in [0.05, 0.1) is 24.5 Å². The van der Waals surface area contributed by atoms with E-state index in [1.807, 2.05) is 23.8 Å². The number of ether oxygens (including phenoxy) is 3. The van der Waals surface area contributed by atoms with E-state index in [1.54, 1.807) is 48.9 Å². The second-order valence-corrected chi connectivity index (χ2v) is 8.36. The van der Waals surface area contributed by atoms with E-state index in [1.165, 1.54) is 0 Å². The molecule has 0 saturated carbocycles. The Morgan fingerprint density at radius 1 is 1.31 bits per heavy atom. The Hall–Kier alpha value is -3.18. The van der Waals surface area contributed by atoms with Crippen molar-refractivity contribution in [1.82, 2.24) is 9.55 Å². The number of nitrogens with zero attached hydrogens (tertiary/aromatic N) is 3. The minimum atomic E-state index is -1.50. The number of hydrogen-bond donors (Lipinski definition) is 1. The van der Waals surface area contributed by atoms with Gasteiger partial charge in [-0.25, -0.2) is 4.98 Å². The van der Waals surface area contributed by atoms with Crippen LogP contribution in [0.3, 0.4) is 0 Å². The SMILES string of the molecule is CCC(=O)c1ccc(OC[C@@H]2CO[C@@](Cn3ccnc3)(c3ccc(Cl)cc3Cl)O2)cc1.O=[N+]([O-])O. The zero-order valence-corrected chi connectivity index (χ0v) is 20.2. The fourth-order valence-electron chi connectivity index (χ4n) is 3.51. The van der Waals surface area contributed by atoms with E-state index < -0.39 is 10.9 Å². The molecular formula is C23H23Cl2N3O7. The molecule has 12 heteroatoms. The van der Waals surface area contributed by atoms with E-state index >= 15 is 0 Å². The maximum absolute atomic E-state index is 11.8. The minimum absolute atomic E-state index is 0.100. The van der Waals surface area contributed by atoms with Crippen molar-refractivity contribution in [1.29, 1.82) is 0 Å². The van der Waals surface area contributed by atoms with Gasteiger partial charge >= 0.3 is 0 Å². The van der Waals surface area contributed by atoms with Crippen LogP contribution in [0, 0.1) is 10.1 Å². The summed E-state index contributed by atoms with van der Waals surface area (Å²) in [5.41, 5.74) is 1.37. The van der Waals surface area contributed by atoms with Crippen molar-refractivity contribution in [2.24, 2.45) is 0 Å². The Morgan fingerprint density at radius 3 is 2.63 bits per heavy atom. The number of rotatable bonds is 8. The lowest BCUT2D eigenvalue weighted by Crippen LogP contribution is -2.34. The third kappa shape index (κ3) is 7.15. The highest BCUT2D eigenvalue weighted by molar-refractivity contribution is 6.35. The number of ketones is 1. The van der Waals surface area contributed by atoms with Gasteiger partial charge < -0.3 is 24.0 Å². The van der Waals surface area contributed by atoms with Crippen molar-refractivity contribution >= 4 is 29.0 Å². The monoisotopic (exact) mass is 523 g/mol. The van der Waals surface area contributed by atoms with Crippen molar-refractivity contribution in [3.63, 3.8) is 0 Å². The molecule has 0 radical (unpaired) electrons. The second kappa shape index (κ2) is 12.0. The average Bonchev–Trinajstić information content (AvgIpc) is 3.48. The first-order chi connectivity index (χ1) is 16.7. The van der Waals surface area contributed by atoms with Crippen LogP contribution < -0.4 is 4.74 Å². The van der Waals surface area contributed by atoms with Crippen LogP contribution in [0.15, 0.2) is 61.2 Å². The first kappa shape index (κ1) is 26.4. The van der Waals surface area contributed by atoms with Crippen LogP contribution in [0.4, 0.5) is 0 Å². The van der Waals surface area contributed by atoms with Gasteiger partial charge in [0.15, 0.2) is 5.78 Å². The molecule has 1 fully saturated rings. The van der Waals surface area contributed by atoms with Crippen LogP contribution in [0.1, 0.15) is 29.3 Å². The Balaban J connectivity index is 0.000000795. The predicted molar refractivity (Wildman–Crippen MR) is 127 cm³/mol. The third-order valence-corrected chi connectivity index (χ3v) is 5.63. The summed E-state index contributed by atoms with van der Waals surface area (Å²) in [5.74, 6) is -0.329. The normalized spacial score (nSPS) is 19.0. The van der Waals surface area contributed by atoms with Crippen LogP contribution in [-0.2, 0) is 21.8 Å². The van der Waals surface area contributed by atoms with Gasteiger partial charge in [0.1, 0.15) is 18.5 Å². The largest absolute Gasteiger partial charge is 0.491 e. The fourth-order valence-corrected chi connectivity index (χ4v) is 4.06. The Bertz CT molecular complexity index is 1140. The van der Waals surface area contributed by atoms with Gasteiger partial charge in [-0.1, -0.05) is 36.2 Å². The number of imidazole rings is 1. The molecule has 1 aliphatic rings. The highest BCUT2D eigenvalue weighted by Gasteiger charge is 2.45. The first-order valence-electron chi connectivity index (χ1n) is 10.5. The summed E-state index contributed by atoms with van der Waals surface area (Å²) in [6.45, 7) is 2.84. The molecular weight excluding hydrogens is 501 g/mol. The molecule has 1 N–H and O–H groups in total. The van der Waals surface area contributed by atoms with Gasteiger partial charge in [-0.2, -0.15) is 0 Å². The summed E-state index contributed by atoms with van der Waals surface area (Å²) in [7, 11) is 0. The fraction of sp³-hybridized carbons (Fsp3) is 0.304. The standard InChI is InChI=1S/C23H22Cl2N2O4.HNO3/c1-2-22(28)16-3-6-18(7-4-16)29-12-19-13-30-23(31-19,14-27-10-9-26-15-27)20-8-5-17(24)11-21(20)25;2-1(3)4/h3-11,15,19H,2,12-14H2,1H3;(H,2,3,4)/t19-,23-;/m1./s1. The number of carbonyl (C=O) groups excluding carboxylic acids is 1. The van der Waals surface area contributed by atoms with Crippen LogP contribution >= 0.6 is 23.2 Å². The zero-order valence-electron chi connectivity index (χ0n) is 18.7. The van der Waals surface area contributed by atoms with Gasteiger partial charge in [0, 0.05) is 35.0 Å². The van der Waals surface area contributed by atoms with Crippen molar-refractivity contribution in [3.05, 3.63) is 92.5 Å². The van der Waals surface area contributed by atoms with Crippen molar-refractivity contribution < 1.29 is 29.3 Å². The molecule has 0 spiro atoms. The van der Waals surface area contributed by atoms with Crippen LogP contribution in [0.2, 0.25) is 10.0 Å². The Kier molecular flexibility index (Phi) is 9.05. The van der Waals surface area contributed by atoms with E-state index in [0.717, 1.165) is 0 Å². The van der Waals surface area contributed by atoms with Crippen molar-refractivity contribution in [2.45, 2.75) is 31.8 Å². The van der Waals surface area contributed by atoms with E-state index in [0.29, 0.717) is 46.5 Å². The van der Waals surface area contributed by atoms with Gasteiger partial charge in [0.2, 0.25) is 5.79 Å². The number of carbonyl (C=O) groups is 1. The predicted octanol–water partition coefficient (Wildman–Crippen LogP) is 4.78. The summed E-state index contributed by atoms with van der Waals surface area (Å²) in [6, 6.07) is 12.3. The average molecular weight is 524 g/mol. The summed E-state index contributed by atoms with van der Waals surface area (Å²) >= 11 is 12.6. The topological polar surface area (TPSA) is 126 Å². The molecule has 4 rings (SSSR count). The molecule has 0 aliphatic carbocycles. The van der Waals surface area contributed by atoms with Crippen LogP contribution in [0.25, 0.3) is 0 Å². The maximum atomic E-state index is 11.8. The molecule has 2 aromatic carbocycles. The quantitative estimate of drug-likeness (QED) is 0.254. The van der Waals surface area contributed by atoms with Gasteiger partial charge in [-0.15, -0.1) is 10.1 Å². The van der Waals surface area contributed by atoms with E-state index in [4.69, 9.17) is 52.7 Å². The summed E-state index contributed by atoms with van der Waals surface area (Å²) in [5, 5.41) is 14.6. The molecule has 3 aromatic rings. The lowest BCUT2D eigenvalue weighted by molar-refractivity contribution is -0.742. The molecule has 35 heavy (non-hydrogen) atoms. The molecule has 1 aliphatic heterocycles. The number of halogens is 2. The van der Waals surface area contributed by atoms with E-state index in [2.05, 4.69) is 4.98 Å². The van der Waals surface area contributed by atoms with Gasteiger partial charge in [-0.3, -0.25) is 4.79 Å². The van der Waals surface area contributed by atoms with E-state index in [9.17, 15) is 4.79 Å². The molecule has 2 heterocycles. The number of hydrogen-bond acceptors (Lipinski definition) is 7. The second-order valence-electron chi connectivity index (χ2n) is 7.51. The van der Waals surface area contributed by atoms with Gasteiger partial charge in [-0.05, 0) is 36.4 Å². The maximum Gasteiger partial charge on any atom is 0.291 e. The smallest absolute Gasteiger partial charge is 0.291 e. The van der Waals surface area contributed by atoms with Gasteiger partial charge in [0.25, 0.3) is 5.09 Å². The number of aromatic nitrogens is 2. The summed E-state index contributed by atoms with van der Waals surface area (Å²) < 4.78 is 20.3. The number of Topliss-reactive ketones (excluding diaryl/α,β-unsaturated/α-hetero) is 1. The van der Waals surface area contributed by atoms with Crippen molar-refractivity contribution in [3.8, 4) is 5.75 Å². The Labute approximate surface area is 211 Å². The zero-order chi connectivity index (χ0) is 25.4. The number of benzene rings is 2. The van der Waals surface area contributed by atoms with E-state index in [-0.39, 0.29) is 18.5 Å². The van der Waals surface area contributed by atoms with Crippen molar-refractivity contribution in [2.75, 3.05) is 13.2 Å². The highest BCUT2D eigenvalue weighted by atomic mass is 35.5. The molecule has 1 saturated heterocycles. The Morgan fingerprint density at radius 2 is 2.03 bits per heavy atom. The molecule has 186 valence electrons. The highest BCUT2D eigenvalue weighted by Crippen LogP contribution is 2.40. The first-order valence-corrected chi connectivity index (χ1v) is 11.3. The summed E-state index contributed by atoms with van der Waals surface area (Å²) in [4.78, 5) is 24.2. The third-order valence-electron chi connectivity index (χ3n) is 5.08. The lowest BCUT2D eigenvalue weighted by atomic mass is 10.1. The molecule has 0 bridgehead atoms. The van der Waals surface area contributed by atoms with Crippen LogP contribution in [-0.4, -0.2) is 44.9 Å². The lowest BCUT2D eigenvalue weighted by Gasteiger charge is -2.30. The molecule has 1 aromatic heterocycles. The molecule has 2 atom stereocenters. The molecule has 10 nitrogen and oxygen atoms in total. The minimum Gasteiger partial charge on any atom is -0.491 e. The molecule has 0 amide bonds. The molecule has 0 unspecified atom stereocenters.